The number of rotatable bonds is 3. The average Bonchev–Trinajstić information content (AvgIpc) is 2.96. The maximum Gasteiger partial charge on any atom is 0.306 e. The summed E-state index contributed by atoms with van der Waals surface area (Å²) in [7, 11) is 0. The molecule has 1 saturated carbocycles. The van der Waals surface area contributed by atoms with Crippen LogP contribution in [0.1, 0.15) is 24.8 Å². The summed E-state index contributed by atoms with van der Waals surface area (Å²) in [5, 5.41) is 23.6. The molecule has 2 aromatic rings. The third-order valence-electron chi connectivity index (χ3n) is 4.19. The van der Waals surface area contributed by atoms with Crippen molar-refractivity contribution in [3.8, 4) is 6.07 Å². The third kappa shape index (κ3) is 2.55. The summed E-state index contributed by atoms with van der Waals surface area (Å²) in [5.41, 5.74) is 1.63. The van der Waals surface area contributed by atoms with Crippen LogP contribution >= 0.6 is 0 Å². The van der Waals surface area contributed by atoms with Gasteiger partial charge in [-0.25, -0.2) is 0 Å². The van der Waals surface area contributed by atoms with E-state index in [4.69, 9.17) is 5.11 Å². The van der Waals surface area contributed by atoms with Crippen molar-refractivity contribution in [3.05, 3.63) is 42.0 Å². The minimum absolute atomic E-state index is 0.183. The molecule has 0 saturated heterocycles. The van der Waals surface area contributed by atoms with Gasteiger partial charge in [-0.3, -0.25) is 4.79 Å². The second kappa shape index (κ2) is 5.45. The van der Waals surface area contributed by atoms with Crippen molar-refractivity contribution >= 4 is 22.4 Å². The van der Waals surface area contributed by atoms with E-state index < -0.39 is 5.97 Å². The minimum atomic E-state index is -0.705. The lowest BCUT2D eigenvalue weighted by Gasteiger charge is -2.16. The first kappa shape index (κ1) is 13.4. The van der Waals surface area contributed by atoms with Crippen LogP contribution in [0, 0.1) is 17.2 Å². The standard InChI is InChI=1S/C17H16N2O2/c18-10-12-6-8-16(15-4-2-1-3-14(12)15)19-13-7-5-11(9-13)17(20)21/h1-4,6,8,11,13,19H,5,7,9H2,(H,20,21). The molecule has 2 N–H and O–H groups in total. The highest BCUT2D eigenvalue weighted by Gasteiger charge is 2.29. The number of anilines is 1. The third-order valence-corrected chi connectivity index (χ3v) is 4.19. The van der Waals surface area contributed by atoms with Crippen LogP contribution in [0.15, 0.2) is 36.4 Å². The van der Waals surface area contributed by atoms with Crippen LogP contribution in [0.4, 0.5) is 5.69 Å². The second-order valence-electron chi connectivity index (χ2n) is 5.51. The summed E-state index contributed by atoms with van der Waals surface area (Å²) in [4.78, 5) is 11.0. The van der Waals surface area contributed by atoms with Crippen LogP contribution in [0.2, 0.25) is 0 Å². The molecule has 2 atom stereocenters. The number of hydrogen-bond donors (Lipinski definition) is 2. The average molecular weight is 280 g/mol. The molecule has 21 heavy (non-hydrogen) atoms. The van der Waals surface area contributed by atoms with Crippen LogP contribution in [-0.4, -0.2) is 17.1 Å². The molecule has 1 aliphatic rings. The zero-order valence-corrected chi connectivity index (χ0v) is 11.5. The van der Waals surface area contributed by atoms with Gasteiger partial charge in [-0.2, -0.15) is 5.26 Å². The molecule has 1 aliphatic carbocycles. The highest BCUT2D eigenvalue weighted by atomic mass is 16.4. The summed E-state index contributed by atoms with van der Waals surface area (Å²) in [6, 6.07) is 13.9. The van der Waals surface area contributed by atoms with E-state index in [9.17, 15) is 10.1 Å². The van der Waals surface area contributed by atoms with Crippen molar-refractivity contribution in [1.82, 2.24) is 0 Å². The number of aliphatic carboxylic acids is 1. The quantitative estimate of drug-likeness (QED) is 0.904. The van der Waals surface area contributed by atoms with E-state index >= 15 is 0 Å². The predicted molar refractivity (Wildman–Crippen MR) is 81.1 cm³/mol. The molecule has 1 fully saturated rings. The highest BCUT2D eigenvalue weighted by molar-refractivity contribution is 5.97. The highest BCUT2D eigenvalue weighted by Crippen LogP contribution is 2.32. The molecular formula is C17H16N2O2. The lowest BCUT2D eigenvalue weighted by molar-refractivity contribution is -0.141. The Kier molecular flexibility index (Phi) is 3.49. The van der Waals surface area contributed by atoms with Gasteiger partial charge in [0, 0.05) is 22.5 Å². The lowest BCUT2D eigenvalue weighted by atomic mass is 10.0. The monoisotopic (exact) mass is 280 g/mol. The molecule has 0 spiro atoms. The lowest BCUT2D eigenvalue weighted by Crippen LogP contribution is -2.18. The molecule has 0 radical (unpaired) electrons. The van der Waals surface area contributed by atoms with E-state index in [2.05, 4.69) is 11.4 Å². The first-order valence-corrected chi connectivity index (χ1v) is 7.10. The number of nitrogens with one attached hydrogen (secondary N) is 1. The van der Waals surface area contributed by atoms with Crippen molar-refractivity contribution in [2.75, 3.05) is 5.32 Å². The number of nitrogens with zero attached hydrogens (tertiary/aromatic N) is 1. The fraction of sp³-hybridized carbons (Fsp3) is 0.294. The fourth-order valence-electron chi connectivity index (χ4n) is 3.08. The van der Waals surface area contributed by atoms with E-state index in [0.29, 0.717) is 12.0 Å². The molecule has 4 nitrogen and oxygen atoms in total. The summed E-state index contributed by atoms with van der Waals surface area (Å²) >= 11 is 0. The Morgan fingerprint density at radius 1 is 1.19 bits per heavy atom. The predicted octanol–water partition coefficient (Wildman–Crippen LogP) is 3.38. The van der Waals surface area contributed by atoms with Crippen molar-refractivity contribution in [2.24, 2.45) is 5.92 Å². The molecule has 2 aromatic carbocycles. The number of carboxylic acid groups (broad SMARTS) is 1. The Balaban J connectivity index is 1.89. The summed E-state index contributed by atoms with van der Waals surface area (Å²) in [6.07, 6.45) is 2.25. The smallest absolute Gasteiger partial charge is 0.306 e. The maximum atomic E-state index is 11.0. The normalized spacial score (nSPS) is 21.1. The molecule has 0 bridgehead atoms. The van der Waals surface area contributed by atoms with E-state index in [0.717, 1.165) is 29.3 Å². The van der Waals surface area contributed by atoms with Gasteiger partial charge in [0.15, 0.2) is 0 Å². The van der Waals surface area contributed by atoms with E-state index in [1.807, 2.05) is 36.4 Å². The Morgan fingerprint density at radius 2 is 1.95 bits per heavy atom. The summed E-state index contributed by atoms with van der Waals surface area (Å²) < 4.78 is 0. The van der Waals surface area contributed by atoms with Crippen LogP contribution in [0.5, 0.6) is 0 Å². The summed E-state index contributed by atoms with van der Waals surface area (Å²) in [6.45, 7) is 0. The van der Waals surface area contributed by atoms with Gasteiger partial charge in [0.1, 0.15) is 0 Å². The second-order valence-corrected chi connectivity index (χ2v) is 5.51. The molecule has 3 rings (SSSR count). The van der Waals surface area contributed by atoms with Gasteiger partial charge >= 0.3 is 5.97 Å². The number of nitriles is 1. The van der Waals surface area contributed by atoms with Gasteiger partial charge in [0.2, 0.25) is 0 Å². The van der Waals surface area contributed by atoms with E-state index in [1.165, 1.54) is 0 Å². The molecule has 4 heteroatoms. The van der Waals surface area contributed by atoms with Gasteiger partial charge in [0.25, 0.3) is 0 Å². The Morgan fingerprint density at radius 3 is 2.62 bits per heavy atom. The SMILES string of the molecule is N#Cc1ccc(NC2CCC(C(=O)O)C2)c2ccccc12. The molecule has 0 aliphatic heterocycles. The van der Waals surface area contributed by atoms with Gasteiger partial charge in [-0.1, -0.05) is 24.3 Å². The van der Waals surface area contributed by atoms with Crippen LogP contribution in [0.3, 0.4) is 0 Å². The topological polar surface area (TPSA) is 73.1 Å². The maximum absolute atomic E-state index is 11.0. The van der Waals surface area contributed by atoms with Crippen molar-refractivity contribution in [3.63, 3.8) is 0 Å². The van der Waals surface area contributed by atoms with Crippen LogP contribution in [-0.2, 0) is 4.79 Å². The molecular weight excluding hydrogens is 264 g/mol. The summed E-state index contributed by atoms with van der Waals surface area (Å²) in [5.74, 6) is -0.948. The first-order valence-electron chi connectivity index (χ1n) is 7.10. The van der Waals surface area contributed by atoms with Gasteiger partial charge in [0.05, 0.1) is 17.6 Å². The molecule has 0 aromatic heterocycles. The Bertz CT molecular complexity index is 733. The number of carbonyl (C=O) groups is 1. The zero-order chi connectivity index (χ0) is 14.8. The van der Waals surface area contributed by atoms with Crippen molar-refractivity contribution < 1.29 is 9.90 Å². The van der Waals surface area contributed by atoms with Crippen molar-refractivity contribution in [2.45, 2.75) is 25.3 Å². The zero-order valence-electron chi connectivity index (χ0n) is 11.5. The van der Waals surface area contributed by atoms with Crippen molar-refractivity contribution in [1.29, 1.82) is 5.26 Å². The molecule has 0 amide bonds. The van der Waals surface area contributed by atoms with Gasteiger partial charge in [-0.05, 0) is 31.4 Å². The number of benzene rings is 2. The van der Waals surface area contributed by atoms with Gasteiger partial charge < -0.3 is 10.4 Å². The fourth-order valence-corrected chi connectivity index (χ4v) is 3.08. The van der Waals surface area contributed by atoms with Gasteiger partial charge in [-0.15, -0.1) is 0 Å². The van der Waals surface area contributed by atoms with E-state index in [1.54, 1.807) is 0 Å². The minimum Gasteiger partial charge on any atom is -0.481 e. The number of fused-ring (bicyclic) bond motifs is 1. The largest absolute Gasteiger partial charge is 0.481 e. The molecule has 106 valence electrons. The first-order chi connectivity index (χ1) is 10.2. The van der Waals surface area contributed by atoms with E-state index in [-0.39, 0.29) is 12.0 Å². The number of carboxylic acids is 1. The Labute approximate surface area is 123 Å². The Hall–Kier alpha value is -2.54. The number of hydrogen-bond acceptors (Lipinski definition) is 3. The van der Waals surface area contributed by atoms with Crippen LogP contribution in [0.25, 0.3) is 10.8 Å². The molecule has 0 heterocycles. The molecule has 2 unspecified atom stereocenters. The van der Waals surface area contributed by atoms with Crippen LogP contribution < -0.4 is 5.32 Å².